The summed E-state index contributed by atoms with van der Waals surface area (Å²) in [5.41, 5.74) is 10.8. The van der Waals surface area contributed by atoms with E-state index >= 15 is 0 Å². The van der Waals surface area contributed by atoms with Gasteiger partial charge in [0.1, 0.15) is 16.7 Å². The number of hydrogen-bond donors (Lipinski definition) is 1. The molecular weight excluding hydrogens is 356 g/mol. The Morgan fingerprint density at radius 1 is 1.33 bits per heavy atom. The van der Waals surface area contributed by atoms with E-state index in [4.69, 9.17) is 15.5 Å². The van der Waals surface area contributed by atoms with Gasteiger partial charge in [-0.25, -0.2) is 4.98 Å². The maximum atomic E-state index is 9.51. The van der Waals surface area contributed by atoms with Crippen molar-refractivity contribution >= 4 is 17.1 Å². The minimum atomic E-state index is -0.279. The van der Waals surface area contributed by atoms with Crippen LogP contribution in [0.3, 0.4) is 0 Å². The van der Waals surface area contributed by atoms with E-state index in [1.165, 1.54) is 22.7 Å². The second-order valence-electron chi connectivity index (χ2n) is 7.26. The standard InChI is InChI=1S/C21H22N4OS/c1-12(2)26-19-9-6-13(10-14(19)11-22)21-24-20(25-27-21)17-5-3-4-16-15(17)7-8-18(16)23/h3-6,9,12,14,18H,7-8,10,23H2,1-2H3/t14?,18-/m0/s1. The fraction of sp³-hybridized carbons (Fsp3) is 0.381. The Hall–Kier alpha value is -2.49. The van der Waals surface area contributed by atoms with Crippen molar-refractivity contribution in [3.05, 3.63) is 52.2 Å². The van der Waals surface area contributed by atoms with E-state index in [2.05, 4.69) is 22.6 Å². The lowest BCUT2D eigenvalue weighted by atomic mass is 9.93. The third-order valence-electron chi connectivity index (χ3n) is 5.00. The maximum absolute atomic E-state index is 9.51. The van der Waals surface area contributed by atoms with Crippen molar-refractivity contribution in [2.45, 2.75) is 45.3 Å². The Balaban J connectivity index is 1.64. The van der Waals surface area contributed by atoms with Crippen molar-refractivity contribution in [2.24, 2.45) is 11.7 Å². The van der Waals surface area contributed by atoms with E-state index < -0.39 is 0 Å². The molecule has 2 aliphatic rings. The number of rotatable bonds is 4. The van der Waals surface area contributed by atoms with Gasteiger partial charge in [0, 0.05) is 11.6 Å². The number of nitriles is 1. The number of benzene rings is 1. The van der Waals surface area contributed by atoms with Gasteiger partial charge in [-0.15, -0.1) is 0 Å². The first kappa shape index (κ1) is 17.9. The fourth-order valence-electron chi connectivity index (χ4n) is 3.71. The summed E-state index contributed by atoms with van der Waals surface area (Å²) in [6, 6.07) is 8.66. The van der Waals surface area contributed by atoms with Gasteiger partial charge in [0.25, 0.3) is 0 Å². The van der Waals surface area contributed by atoms with Gasteiger partial charge in [-0.3, -0.25) is 0 Å². The Labute approximate surface area is 163 Å². The largest absolute Gasteiger partial charge is 0.494 e. The molecule has 0 bridgehead atoms. The lowest BCUT2D eigenvalue weighted by Gasteiger charge is -2.21. The molecule has 1 unspecified atom stereocenters. The first-order chi connectivity index (χ1) is 13.1. The van der Waals surface area contributed by atoms with Gasteiger partial charge in [-0.2, -0.15) is 9.64 Å². The van der Waals surface area contributed by atoms with E-state index in [-0.39, 0.29) is 18.1 Å². The van der Waals surface area contributed by atoms with Gasteiger partial charge in [-0.1, -0.05) is 24.3 Å². The second kappa shape index (κ2) is 7.26. The number of hydrogen-bond acceptors (Lipinski definition) is 6. The Morgan fingerprint density at radius 3 is 2.96 bits per heavy atom. The molecule has 2 aromatic rings. The molecule has 6 heteroatoms. The molecule has 138 valence electrons. The zero-order chi connectivity index (χ0) is 19.0. The lowest BCUT2D eigenvalue weighted by molar-refractivity contribution is 0.129. The van der Waals surface area contributed by atoms with Crippen molar-refractivity contribution in [2.75, 3.05) is 0 Å². The van der Waals surface area contributed by atoms with Gasteiger partial charge >= 0.3 is 0 Å². The van der Waals surface area contributed by atoms with Crippen molar-refractivity contribution < 1.29 is 4.74 Å². The molecule has 1 heterocycles. The molecule has 0 saturated heterocycles. The molecule has 2 aliphatic carbocycles. The molecule has 0 radical (unpaired) electrons. The minimum Gasteiger partial charge on any atom is -0.494 e. The molecule has 2 N–H and O–H groups in total. The van der Waals surface area contributed by atoms with E-state index in [9.17, 15) is 5.26 Å². The van der Waals surface area contributed by atoms with Crippen LogP contribution in [0.15, 0.2) is 36.1 Å². The zero-order valence-electron chi connectivity index (χ0n) is 15.5. The van der Waals surface area contributed by atoms with Crippen LogP contribution in [0.2, 0.25) is 0 Å². The molecule has 5 nitrogen and oxygen atoms in total. The predicted octanol–water partition coefficient (Wildman–Crippen LogP) is 4.39. The first-order valence-electron chi connectivity index (χ1n) is 9.25. The highest BCUT2D eigenvalue weighted by molar-refractivity contribution is 7.06. The van der Waals surface area contributed by atoms with Crippen LogP contribution in [-0.4, -0.2) is 15.5 Å². The monoisotopic (exact) mass is 378 g/mol. The zero-order valence-corrected chi connectivity index (χ0v) is 16.3. The number of nitrogens with zero attached hydrogens (tertiary/aromatic N) is 3. The molecular formula is C21H22N4OS. The third kappa shape index (κ3) is 3.41. The number of ether oxygens (including phenoxy) is 1. The highest BCUT2D eigenvalue weighted by atomic mass is 32.1. The van der Waals surface area contributed by atoms with Gasteiger partial charge in [0.15, 0.2) is 5.82 Å². The van der Waals surface area contributed by atoms with Gasteiger partial charge in [0.2, 0.25) is 0 Å². The number of aromatic nitrogens is 2. The number of fused-ring (bicyclic) bond motifs is 1. The molecule has 4 rings (SSSR count). The summed E-state index contributed by atoms with van der Waals surface area (Å²) in [4.78, 5) is 4.78. The maximum Gasteiger partial charge on any atom is 0.173 e. The summed E-state index contributed by atoms with van der Waals surface area (Å²) >= 11 is 1.38. The molecule has 27 heavy (non-hydrogen) atoms. The van der Waals surface area contributed by atoms with Crippen LogP contribution in [0.1, 0.15) is 48.9 Å². The van der Waals surface area contributed by atoms with Crippen LogP contribution < -0.4 is 5.73 Å². The van der Waals surface area contributed by atoms with E-state index in [1.807, 2.05) is 32.1 Å². The molecule has 2 atom stereocenters. The normalized spacial score (nSPS) is 21.4. The van der Waals surface area contributed by atoms with Crippen LogP contribution in [0.25, 0.3) is 17.0 Å². The average Bonchev–Trinajstić information content (AvgIpc) is 3.29. The summed E-state index contributed by atoms with van der Waals surface area (Å²) in [7, 11) is 0. The van der Waals surface area contributed by atoms with Crippen molar-refractivity contribution in [1.29, 1.82) is 5.26 Å². The average molecular weight is 379 g/mol. The number of nitrogens with two attached hydrogens (primary N) is 1. The van der Waals surface area contributed by atoms with Crippen LogP contribution in [0.4, 0.5) is 0 Å². The van der Waals surface area contributed by atoms with Gasteiger partial charge < -0.3 is 10.5 Å². The summed E-state index contributed by atoms with van der Waals surface area (Å²) in [6.45, 7) is 3.94. The second-order valence-corrected chi connectivity index (χ2v) is 8.01. The first-order valence-corrected chi connectivity index (χ1v) is 10.0. The molecule has 0 amide bonds. The minimum absolute atomic E-state index is 0.0572. The van der Waals surface area contributed by atoms with Gasteiger partial charge in [-0.05, 0) is 67.4 Å². The Bertz CT molecular complexity index is 967. The quantitative estimate of drug-likeness (QED) is 0.853. The van der Waals surface area contributed by atoms with E-state index in [1.54, 1.807) is 0 Å². The summed E-state index contributed by atoms with van der Waals surface area (Å²) in [5.74, 6) is 1.21. The molecule has 0 spiro atoms. The molecule has 1 aromatic carbocycles. The smallest absolute Gasteiger partial charge is 0.173 e. The van der Waals surface area contributed by atoms with Crippen LogP contribution in [-0.2, 0) is 11.2 Å². The Morgan fingerprint density at radius 2 is 2.19 bits per heavy atom. The highest BCUT2D eigenvalue weighted by Gasteiger charge is 2.26. The van der Waals surface area contributed by atoms with Crippen molar-refractivity contribution in [1.82, 2.24) is 9.36 Å². The third-order valence-corrected chi connectivity index (χ3v) is 5.79. The van der Waals surface area contributed by atoms with Crippen LogP contribution >= 0.6 is 11.5 Å². The molecule has 0 fully saturated rings. The van der Waals surface area contributed by atoms with Crippen LogP contribution in [0.5, 0.6) is 0 Å². The van der Waals surface area contributed by atoms with Gasteiger partial charge in [0.05, 0.1) is 12.2 Å². The molecule has 1 aromatic heterocycles. The van der Waals surface area contributed by atoms with Crippen molar-refractivity contribution in [3.8, 4) is 17.5 Å². The summed E-state index contributed by atoms with van der Waals surface area (Å²) < 4.78 is 10.4. The number of allylic oxidation sites excluding steroid dienone is 4. The summed E-state index contributed by atoms with van der Waals surface area (Å²) in [5, 5.41) is 10.4. The lowest BCUT2D eigenvalue weighted by Crippen LogP contribution is -2.13. The Kier molecular flexibility index (Phi) is 4.81. The fourth-order valence-corrected chi connectivity index (χ4v) is 4.42. The van der Waals surface area contributed by atoms with E-state index in [0.29, 0.717) is 6.42 Å². The van der Waals surface area contributed by atoms with E-state index in [0.717, 1.165) is 40.6 Å². The molecule has 0 aliphatic heterocycles. The highest BCUT2D eigenvalue weighted by Crippen LogP contribution is 2.38. The van der Waals surface area contributed by atoms with Crippen LogP contribution in [0, 0.1) is 17.2 Å². The molecule has 0 saturated carbocycles. The predicted molar refractivity (Wildman–Crippen MR) is 107 cm³/mol. The topological polar surface area (TPSA) is 84.8 Å². The SMILES string of the molecule is CC(C)OC1=CC=C(c2nc(-c3cccc4c3CC[C@@H]4N)ns2)CC1C#N. The van der Waals surface area contributed by atoms with Crippen molar-refractivity contribution in [3.63, 3.8) is 0 Å². The summed E-state index contributed by atoms with van der Waals surface area (Å²) in [6.07, 6.45) is 6.50.